The molecule has 3 aromatic carbocycles. The van der Waals surface area contributed by atoms with Gasteiger partial charge in [-0.05, 0) is 61.2 Å². The molecular formula is C23H23NO. The molecule has 0 saturated heterocycles. The summed E-state index contributed by atoms with van der Waals surface area (Å²) in [6.07, 6.45) is 2.23. The van der Waals surface area contributed by atoms with Gasteiger partial charge in [-0.1, -0.05) is 48.5 Å². The Kier molecular flexibility index (Phi) is 4.43. The van der Waals surface area contributed by atoms with Crippen LogP contribution in [-0.2, 0) is 6.42 Å². The fraction of sp³-hybridized carbons (Fsp3) is 0.217. The molecule has 0 fully saturated rings. The van der Waals surface area contributed by atoms with E-state index in [0.717, 1.165) is 18.6 Å². The highest BCUT2D eigenvalue weighted by Gasteiger charge is 2.28. The van der Waals surface area contributed by atoms with Crippen LogP contribution in [0.1, 0.15) is 30.5 Å². The lowest BCUT2D eigenvalue weighted by molar-refractivity contribution is 0.340. The van der Waals surface area contributed by atoms with E-state index in [-0.39, 0.29) is 0 Å². The van der Waals surface area contributed by atoms with Gasteiger partial charge in [0.15, 0.2) is 0 Å². The number of hydrogen-bond donors (Lipinski definition) is 0. The zero-order chi connectivity index (χ0) is 17.1. The molecule has 1 heterocycles. The van der Waals surface area contributed by atoms with Gasteiger partial charge in [0.05, 0.1) is 12.6 Å². The van der Waals surface area contributed by atoms with Crippen molar-refractivity contribution in [3.63, 3.8) is 0 Å². The van der Waals surface area contributed by atoms with Crippen molar-refractivity contribution in [1.29, 1.82) is 0 Å². The molecule has 0 saturated carbocycles. The van der Waals surface area contributed by atoms with Crippen LogP contribution in [0.15, 0.2) is 78.9 Å². The number of rotatable bonds is 4. The molecule has 1 atom stereocenters. The molecule has 0 radical (unpaired) electrons. The van der Waals surface area contributed by atoms with Gasteiger partial charge in [-0.25, -0.2) is 0 Å². The van der Waals surface area contributed by atoms with E-state index in [1.165, 1.54) is 22.5 Å². The molecule has 2 heteroatoms. The maximum atomic E-state index is 5.61. The molecule has 2 nitrogen and oxygen atoms in total. The number of benzene rings is 3. The van der Waals surface area contributed by atoms with Crippen LogP contribution in [-0.4, -0.2) is 6.61 Å². The topological polar surface area (TPSA) is 12.5 Å². The second-order valence-corrected chi connectivity index (χ2v) is 6.39. The molecule has 0 bridgehead atoms. The van der Waals surface area contributed by atoms with Crippen LogP contribution in [0.5, 0.6) is 5.75 Å². The lowest BCUT2D eigenvalue weighted by Gasteiger charge is -2.39. The van der Waals surface area contributed by atoms with Crippen molar-refractivity contribution < 1.29 is 4.74 Å². The molecule has 1 unspecified atom stereocenters. The van der Waals surface area contributed by atoms with Crippen LogP contribution in [0.3, 0.4) is 0 Å². The second kappa shape index (κ2) is 7.02. The van der Waals surface area contributed by atoms with Crippen LogP contribution in [0, 0.1) is 0 Å². The van der Waals surface area contributed by atoms with E-state index in [9.17, 15) is 0 Å². The van der Waals surface area contributed by atoms with E-state index in [1.54, 1.807) is 0 Å². The molecule has 1 aliphatic heterocycles. The van der Waals surface area contributed by atoms with Crippen LogP contribution >= 0.6 is 0 Å². The fourth-order valence-electron chi connectivity index (χ4n) is 3.73. The minimum atomic E-state index is 0.356. The van der Waals surface area contributed by atoms with Gasteiger partial charge in [-0.2, -0.15) is 0 Å². The molecule has 0 N–H and O–H groups in total. The van der Waals surface area contributed by atoms with E-state index in [0.29, 0.717) is 12.6 Å². The first-order chi connectivity index (χ1) is 12.4. The smallest absolute Gasteiger partial charge is 0.119 e. The minimum absolute atomic E-state index is 0.356. The number of fused-ring (bicyclic) bond motifs is 1. The van der Waals surface area contributed by atoms with E-state index in [1.807, 2.05) is 6.92 Å². The number of para-hydroxylation sites is 1. The fourth-order valence-corrected chi connectivity index (χ4v) is 3.73. The van der Waals surface area contributed by atoms with Crippen molar-refractivity contribution in [2.45, 2.75) is 25.8 Å². The Labute approximate surface area is 149 Å². The molecule has 0 aromatic heterocycles. The Morgan fingerprint density at radius 2 is 1.60 bits per heavy atom. The third-order valence-corrected chi connectivity index (χ3v) is 4.86. The monoisotopic (exact) mass is 329 g/mol. The van der Waals surface area contributed by atoms with Crippen molar-refractivity contribution in [3.05, 3.63) is 90.0 Å². The predicted octanol–water partition coefficient (Wildman–Crippen LogP) is 5.91. The first kappa shape index (κ1) is 15.8. The van der Waals surface area contributed by atoms with Crippen molar-refractivity contribution in [3.8, 4) is 5.75 Å². The second-order valence-electron chi connectivity index (χ2n) is 6.39. The maximum absolute atomic E-state index is 5.61. The average Bonchev–Trinajstić information content (AvgIpc) is 2.69. The van der Waals surface area contributed by atoms with E-state index in [2.05, 4.69) is 83.8 Å². The van der Waals surface area contributed by atoms with E-state index in [4.69, 9.17) is 4.74 Å². The number of hydrogen-bond acceptors (Lipinski definition) is 2. The maximum Gasteiger partial charge on any atom is 0.119 e. The molecular weight excluding hydrogens is 306 g/mol. The molecule has 0 amide bonds. The van der Waals surface area contributed by atoms with Gasteiger partial charge in [-0.3, -0.25) is 0 Å². The minimum Gasteiger partial charge on any atom is -0.494 e. The zero-order valence-electron chi connectivity index (χ0n) is 14.6. The standard InChI is InChI=1S/C23H23NO/c1-2-25-21-15-13-20(14-16-21)24-22-11-7-6-10-19(22)12-17-23(24)18-8-4-3-5-9-18/h3-11,13-16,23H,2,12,17H2,1H3. The zero-order valence-corrected chi connectivity index (χ0v) is 14.6. The van der Waals surface area contributed by atoms with Crippen molar-refractivity contribution in [2.75, 3.05) is 11.5 Å². The average molecular weight is 329 g/mol. The highest BCUT2D eigenvalue weighted by atomic mass is 16.5. The summed E-state index contributed by atoms with van der Waals surface area (Å²) in [5.41, 5.74) is 5.31. The number of ether oxygens (including phenoxy) is 1. The lowest BCUT2D eigenvalue weighted by atomic mass is 9.90. The molecule has 0 spiro atoms. The Hall–Kier alpha value is -2.74. The Balaban J connectivity index is 1.78. The van der Waals surface area contributed by atoms with Crippen LogP contribution in [0.4, 0.5) is 11.4 Å². The van der Waals surface area contributed by atoms with E-state index >= 15 is 0 Å². The summed E-state index contributed by atoms with van der Waals surface area (Å²) in [4.78, 5) is 2.48. The summed E-state index contributed by atoms with van der Waals surface area (Å²) >= 11 is 0. The van der Waals surface area contributed by atoms with E-state index < -0.39 is 0 Å². The predicted molar refractivity (Wildman–Crippen MR) is 104 cm³/mol. The van der Waals surface area contributed by atoms with Gasteiger partial charge in [-0.15, -0.1) is 0 Å². The van der Waals surface area contributed by atoms with Gasteiger partial charge in [0.2, 0.25) is 0 Å². The molecule has 0 aliphatic carbocycles. The first-order valence-electron chi connectivity index (χ1n) is 9.02. The largest absolute Gasteiger partial charge is 0.494 e. The summed E-state index contributed by atoms with van der Waals surface area (Å²) in [6, 6.07) is 28.4. The number of nitrogens with zero attached hydrogens (tertiary/aromatic N) is 1. The van der Waals surface area contributed by atoms with Crippen molar-refractivity contribution in [1.82, 2.24) is 0 Å². The van der Waals surface area contributed by atoms with Crippen molar-refractivity contribution in [2.24, 2.45) is 0 Å². The van der Waals surface area contributed by atoms with Gasteiger partial charge >= 0.3 is 0 Å². The normalized spacial score (nSPS) is 16.4. The quantitative estimate of drug-likeness (QED) is 0.590. The van der Waals surface area contributed by atoms with Gasteiger partial charge < -0.3 is 9.64 Å². The molecule has 126 valence electrons. The summed E-state index contributed by atoms with van der Waals surface area (Å²) in [6.45, 7) is 2.71. The highest BCUT2D eigenvalue weighted by Crippen LogP contribution is 2.43. The number of aryl methyl sites for hydroxylation is 1. The summed E-state index contributed by atoms with van der Waals surface area (Å²) in [7, 11) is 0. The van der Waals surface area contributed by atoms with Gasteiger partial charge in [0.25, 0.3) is 0 Å². The van der Waals surface area contributed by atoms with Crippen LogP contribution < -0.4 is 9.64 Å². The molecule has 4 rings (SSSR count). The van der Waals surface area contributed by atoms with Crippen LogP contribution in [0.2, 0.25) is 0 Å². The first-order valence-corrected chi connectivity index (χ1v) is 9.02. The Morgan fingerprint density at radius 3 is 2.36 bits per heavy atom. The Morgan fingerprint density at radius 1 is 0.880 bits per heavy atom. The third kappa shape index (κ3) is 3.12. The third-order valence-electron chi connectivity index (χ3n) is 4.86. The van der Waals surface area contributed by atoms with Crippen LogP contribution in [0.25, 0.3) is 0 Å². The Bertz CT molecular complexity index is 826. The summed E-state index contributed by atoms with van der Waals surface area (Å²) < 4.78 is 5.61. The number of anilines is 2. The molecule has 25 heavy (non-hydrogen) atoms. The SMILES string of the molecule is CCOc1ccc(N2c3ccccc3CCC2c2ccccc2)cc1. The van der Waals surface area contributed by atoms with Crippen molar-refractivity contribution >= 4 is 11.4 Å². The highest BCUT2D eigenvalue weighted by molar-refractivity contribution is 5.70. The van der Waals surface area contributed by atoms with Gasteiger partial charge in [0, 0.05) is 11.4 Å². The summed E-state index contributed by atoms with van der Waals surface area (Å²) in [5, 5.41) is 0. The molecule has 1 aliphatic rings. The molecule has 3 aromatic rings. The van der Waals surface area contributed by atoms with Gasteiger partial charge in [0.1, 0.15) is 5.75 Å². The summed E-state index contributed by atoms with van der Waals surface area (Å²) in [5.74, 6) is 0.924. The lowest BCUT2D eigenvalue weighted by Crippen LogP contribution is -2.29.